The zero-order valence-electron chi connectivity index (χ0n) is 24.8. The average molecular weight is 631 g/mol. The van der Waals surface area contributed by atoms with Gasteiger partial charge in [0.2, 0.25) is 10.0 Å². The van der Waals surface area contributed by atoms with Gasteiger partial charge in [-0.15, -0.1) is 12.4 Å². The van der Waals surface area contributed by atoms with E-state index in [-0.39, 0.29) is 30.6 Å². The van der Waals surface area contributed by atoms with Gasteiger partial charge in [-0.1, -0.05) is 48.5 Å². The molecule has 1 amide bonds. The Labute approximate surface area is 261 Å². The van der Waals surface area contributed by atoms with Crippen LogP contribution in [0, 0.1) is 0 Å². The lowest BCUT2D eigenvalue weighted by molar-refractivity contribution is 0.0831. The lowest BCUT2D eigenvalue weighted by atomic mass is 10.00. The number of para-hydroxylation sites is 1. The van der Waals surface area contributed by atoms with Crippen molar-refractivity contribution in [1.82, 2.24) is 10.6 Å². The van der Waals surface area contributed by atoms with Gasteiger partial charge in [0.05, 0.1) is 30.7 Å². The van der Waals surface area contributed by atoms with Crippen molar-refractivity contribution < 1.29 is 23.1 Å². The third-order valence-electron chi connectivity index (χ3n) is 7.39. The van der Waals surface area contributed by atoms with Crippen molar-refractivity contribution in [2.75, 3.05) is 48.7 Å². The number of hydrogen-bond donors (Lipinski definition) is 4. The number of nitrogens with zero attached hydrogens (tertiary/aromatic N) is 1. The molecule has 1 fully saturated rings. The highest BCUT2D eigenvalue weighted by molar-refractivity contribution is 7.92. The predicted octanol–water partition coefficient (Wildman–Crippen LogP) is 4.01. The van der Waals surface area contributed by atoms with E-state index >= 15 is 0 Å². The molecule has 4 N–H and O–H groups in total. The first kappa shape index (κ1) is 34.2. The lowest BCUT2D eigenvalue weighted by Gasteiger charge is -2.29. The topological polar surface area (TPSA) is 120 Å². The van der Waals surface area contributed by atoms with Gasteiger partial charge in [0, 0.05) is 30.9 Å². The molecule has 4 rings (SSSR count). The van der Waals surface area contributed by atoms with Gasteiger partial charge >= 0.3 is 0 Å². The minimum Gasteiger partial charge on any atom is -0.496 e. The molecule has 234 valence electrons. The van der Waals surface area contributed by atoms with Crippen LogP contribution in [-0.2, 0) is 22.9 Å². The number of anilines is 2. The Morgan fingerprint density at radius 1 is 1.05 bits per heavy atom. The Bertz CT molecular complexity index is 1420. The summed E-state index contributed by atoms with van der Waals surface area (Å²) in [7, 11) is -1.80. The SMILES string of the molecule is CCNc1cc(C(=O)N[C@@H](Cc2ccccc2)[C@H](O)CNCCc2ccccc2OC)cc(N2CCCCS2(=O)=O)c1.Cl. The summed E-state index contributed by atoms with van der Waals surface area (Å²) in [6.45, 7) is 3.85. The number of benzene rings is 3. The van der Waals surface area contributed by atoms with E-state index in [1.807, 2.05) is 61.5 Å². The normalized spacial score (nSPS) is 15.6. The highest BCUT2D eigenvalue weighted by atomic mass is 35.5. The number of hydrogen-bond acceptors (Lipinski definition) is 7. The summed E-state index contributed by atoms with van der Waals surface area (Å²) in [4.78, 5) is 13.6. The van der Waals surface area contributed by atoms with Crippen molar-refractivity contribution in [3.8, 4) is 5.75 Å². The van der Waals surface area contributed by atoms with Crippen LogP contribution >= 0.6 is 12.4 Å². The lowest BCUT2D eigenvalue weighted by Crippen LogP contribution is -2.49. The molecular formula is C32H43ClN4O5S. The zero-order valence-corrected chi connectivity index (χ0v) is 26.4. The second-order valence-electron chi connectivity index (χ2n) is 10.5. The van der Waals surface area contributed by atoms with Gasteiger partial charge in [-0.05, 0) is 74.5 Å². The van der Waals surface area contributed by atoms with Crippen molar-refractivity contribution in [2.24, 2.45) is 0 Å². The fourth-order valence-corrected chi connectivity index (χ4v) is 6.82. The number of halogens is 1. The molecule has 3 aromatic rings. The van der Waals surface area contributed by atoms with E-state index in [9.17, 15) is 18.3 Å². The number of carbonyl (C=O) groups is 1. The molecule has 0 unspecified atom stereocenters. The number of amides is 1. The maximum absolute atomic E-state index is 13.6. The van der Waals surface area contributed by atoms with Gasteiger partial charge in [0.1, 0.15) is 5.75 Å². The van der Waals surface area contributed by atoms with Crippen LogP contribution in [-0.4, -0.2) is 70.6 Å². The molecule has 0 bridgehead atoms. The Morgan fingerprint density at radius 3 is 2.51 bits per heavy atom. The maximum atomic E-state index is 13.6. The van der Waals surface area contributed by atoms with Crippen molar-refractivity contribution >= 4 is 39.7 Å². The second-order valence-corrected chi connectivity index (χ2v) is 12.5. The summed E-state index contributed by atoms with van der Waals surface area (Å²) in [5, 5.41) is 20.8. The molecule has 1 saturated heterocycles. The third kappa shape index (κ3) is 9.59. The Balaban J connectivity index is 0.00000506. The molecule has 0 aromatic heterocycles. The number of aliphatic hydroxyl groups excluding tert-OH is 1. The van der Waals surface area contributed by atoms with Crippen molar-refractivity contribution in [2.45, 2.75) is 44.8 Å². The molecule has 0 aliphatic carbocycles. The molecule has 11 heteroatoms. The number of aliphatic hydroxyl groups is 1. The van der Waals surface area contributed by atoms with Gasteiger partial charge in [0.15, 0.2) is 0 Å². The summed E-state index contributed by atoms with van der Waals surface area (Å²) in [5.41, 5.74) is 3.52. The molecule has 0 spiro atoms. The van der Waals surface area contributed by atoms with Crippen molar-refractivity contribution in [1.29, 1.82) is 0 Å². The highest BCUT2D eigenvalue weighted by Gasteiger charge is 2.28. The zero-order chi connectivity index (χ0) is 30.0. The Morgan fingerprint density at radius 2 is 1.79 bits per heavy atom. The van der Waals surface area contributed by atoms with E-state index in [1.54, 1.807) is 25.3 Å². The standard InChI is InChI=1S/C32H42N4O5S.ClH/c1-3-34-27-20-26(21-28(22-27)36-17-9-10-18-42(36,39)40)32(38)35-29(19-24-11-5-4-6-12-24)30(37)23-33-16-15-25-13-7-8-14-31(25)41-2;/h4-8,11-14,20-22,29-30,33-34,37H,3,9-10,15-19,23H2,1-2H3,(H,35,38);1H/t29-,30+;/m0./s1. The van der Waals surface area contributed by atoms with Gasteiger partial charge in [-0.2, -0.15) is 0 Å². The average Bonchev–Trinajstić information content (AvgIpc) is 2.99. The quantitative estimate of drug-likeness (QED) is 0.199. The smallest absolute Gasteiger partial charge is 0.251 e. The van der Waals surface area contributed by atoms with Gasteiger partial charge in [-0.25, -0.2) is 8.42 Å². The fraction of sp³-hybridized carbons (Fsp3) is 0.406. The fourth-order valence-electron chi connectivity index (χ4n) is 5.20. The summed E-state index contributed by atoms with van der Waals surface area (Å²) < 4.78 is 32.5. The Kier molecular flexibility index (Phi) is 13.1. The van der Waals surface area contributed by atoms with E-state index in [0.717, 1.165) is 29.7 Å². The minimum atomic E-state index is -3.45. The maximum Gasteiger partial charge on any atom is 0.251 e. The van der Waals surface area contributed by atoms with Crippen molar-refractivity contribution in [3.63, 3.8) is 0 Å². The number of rotatable bonds is 14. The molecule has 0 radical (unpaired) electrons. The summed E-state index contributed by atoms with van der Waals surface area (Å²) in [6.07, 6.45) is 1.69. The number of nitrogens with one attached hydrogen (secondary N) is 3. The third-order valence-corrected chi connectivity index (χ3v) is 9.26. The first-order valence-corrected chi connectivity index (χ1v) is 16.2. The van der Waals surface area contributed by atoms with Crippen molar-refractivity contribution in [3.05, 3.63) is 89.5 Å². The number of sulfonamides is 1. The molecule has 1 aliphatic rings. The van der Waals surface area contributed by atoms with E-state index in [2.05, 4.69) is 16.0 Å². The molecule has 2 atom stereocenters. The second kappa shape index (κ2) is 16.5. The number of methoxy groups -OCH3 is 1. The summed E-state index contributed by atoms with van der Waals surface area (Å²) in [6, 6.07) is 22.1. The largest absolute Gasteiger partial charge is 0.496 e. The van der Waals surface area contributed by atoms with E-state index in [4.69, 9.17) is 4.74 Å². The van der Waals surface area contributed by atoms with E-state index in [0.29, 0.717) is 49.4 Å². The first-order valence-electron chi connectivity index (χ1n) is 14.6. The number of ether oxygens (including phenoxy) is 1. The van der Waals surface area contributed by atoms with E-state index in [1.165, 1.54) is 4.31 Å². The van der Waals surface area contributed by atoms with Gasteiger partial charge < -0.3 is 25.8 Å². The van der Waals surface area contributed by atoms with Crippen LogP contribution in [0.2, 0.25) is 0 Å². The molecular weight excluding hydrogens is 588 g/mol. The molecule has 0 saturated carbocycles. The van der Waals surface area contributed by atoms with Gasteiger partial charge in [-0.3, -0.25) is 9.10 Å². The molecule has 9 nitrogen and oxygen atoms in total. The van der Waals surface area contributed by atoms with Gasteiger partial charge in [0.25, 0.3) is 5.91 Å². The van der Waals surface area contributed by atoms with Crippen LogP contribution in [0.1, 0.15) is 41.3 Å². The number of carbonyl (C=O) groups excluding carboxylic acids is 1. The van der Waals surface area contributed by atoms with Crippen LogP contribution < -0.4 is 25.0 Å². The van der Waals surface area contributed by atoms with Crippen LogP contribution in [0.25, 0.3) is 0 Å². The molecule has 1 aliphatic heterocycles. The van der Waals surface area contributed by atoms with Crippen LogP contribution in [0.4, 0.5) is 11.4 Å². The minimum absolute atomic E-state index is 0. The predicted molar refractivity (Wildman–Crippen MR) is 175 cm³/mol. The molecule has 3 aromatic carbocycles. The molecule has 1 heterocycles. The first-order chi connectivity index (χ1) is 20.3. The highest BCUT2D eigenvalue weighted by Crippen LogP contribution is 2.28. The Hall–Kier alpha value is -3.31. The van der Waals surface area contributed by atoms with Crippen LogP contribution in [0.3, 0.4) is 0 Å². The van der Waals surface area contributed by atoms with Crippen LogP contribution in [0.5, 0.6) is 5.75 Å². The molecule has 43 heavy (non-hydrogen) atoms. The summed E-state index contributed by atoms with van der Waals surface area (Å²) in [5.74, 6) is 0.542. The monoisotopic (exact) mass is 630 g/mol. The van der Waals surface area contributed by atoms with Crippen LogP contribution in [0.15, 0.2) is 72.8 Å². The van der Waals surface area contributed by atoms with E-state index < -0.39 is 22.2 Å². The summed E-state index contributed by atoms with van der Waals surface area (Å²) >= 11 is 0.